The Morgan fingerprint density at radius 2 is 2.46 bits per heavy atom. The average molecular weight is 206 g/mol. The van der Waals surface area contributed by atoms with Crippen molar-refractivity contribution in [3.63, 3.8) is 0 Å². The van der Waals surface area contributed by atoms with Gasteiger partial charge in [-0.15, -0.1) is 11.6 Å². The quantitative estimate of drug-likeness (QED) is 0.533. The highest BCUT2D eigenvalue weighted by atomic mass is 35.5. The average Bonchev–Trinajstić information content (AvgIpc) is 2.37. The van der Waals surface area contributed by atoms with Gasteiger partial charge < -0.3 is 10.1 Å². The molecule has 1 heterocycles. The molecule has 74 valence electrons. The Kier molecular flexibility index (Phi) is 3.54. The summed E-state index contributed by atoms with van der Waals surface area (Å²) in [4.78, 5) is 22.0. The molecule has 1 rings (SSSR count). The Morgan fingerprint density at radius 1 is 1.77 bits per heavy atom. The van der Waals surface area contributed by atoms with E-state index in [9.17, 15) is 9.59 Å². The number of halogens is 1. The molecule has 4 nitrogen and oxygen atoms in total. The van der Waals surface area contributed by atoms with Crippen molar-refractivity contribution in [1.29, 1.82) is 0 Å². The minimum Gasteiger partial charge on any atom is -0.466 e. The third kappa shape index (κ3) is 2.59. The summed E-state index contributed by atoms with van der Waals surface area (Å²) in [6.45, 7) is 2.57. The smallest absolute Gasteiger partial charge is 0.306 e. The minimum atomic E-state index is -0.593. The summed E-state index contributed by atoms with van der Waals surface area (Å²) in [5.74, 6) is -0.626. The molecular weight excluding hydrogens is 194 g/mol. The van der Waals surface area contributed by atoms with Gasteiger partial charge in [0.1, 0.15) is 5.38 Å². The Hall–Kier alpha value is -0.770. The van der Waals surface area contributed by atoms with Crippen molar-refractivity contribution >= 4 is 23.5 Å². The fraction of sp³-hybridized carbons (Fsp3) is 0.750. The topological polar surface area (TPSA) is 55.4 Å². The van der Waals surface area contributed by atoms with E-state index in [1.807, 2.05) is 0 Å². The molecule has 5 heteroatoms. The van der Waals surface area contributed by atoms with Crippen LogP contribution in [0, 0.1) is 5.92 Å². The second kappa shape index (κ2) is 4.46. The van der Waals surface area contributed by atoms with E-state index in [0.29, 0.717) is 13.2 Å². The van der Waals surface area contributed by atoms with Gasteiger partial charge >= 0.3 is 5.97 Å². The molecule has 0 aromatic rings. The van der Waals surface area contributed by atoms with Crippen LogP contribution >= 0.6 is 11.6 Å². The summed E-state index contributed by atoms with van der Waals surface area (Å²) in [5.41, 5.74) is 0. The normalized spacial score (nSPS) is 27.1. The molecule has 0 aromatic carbocycles. The summed E-state index contributed by atoms with van der Waals surface area (Å²) in [6, 6.07) is 0. The zero-order chi connectivity index (χ0) is 9.84. The monoisotopic (exact) mass is 205 g/mol. The van der Waals surface area contributed by atoms with Gasteiger partial charge in [0, 0.05) is 12.5 Å². The highest BCUT2D eigenvalue weighted by molar-refractivity contribution is 6.31. The highest BCUT2D eigenvalue weighted by Crippen LogP contribution is 2.20. The summed E-state index contributed by atoms with van der Waals surface area (Å²) >= 11 is 5.75. The molecule has 1 N–H and O–H groups in total. The molecule has 0 unspecified atom stereocenters. The van der Waals surface area contributed by atoms with Crippen molar-refractivity contribution in [2.24, 2.45) is 5.92 Å². The van der Waals surface area contributed by atoms with Crippen LogP contribution in [0.5, 0.6) is 0 Å². The Morgan fingerprint density at radius 3 is 2.92 bits per heavy atom. The molecule has 0 radical (unpaired) electrons. The summed E-state index contributed by atoms with van der Waals surface area (Å²) in [6.07, 6.45) is 0.209. The van der Waals surface area contributed by atoms with Crippen LogP contribution in [0.15, 0.2) is 0 Å². The lowest BCUT2D eigenvalue weighted by Gasteiger charge is -2.09. The van der Waals surface area contributed by atoms with Gasteiger partial charge in [0.05, 0.1) is 13.0 Å². The molecule has 1 aliphatic heterocycles. The van der Waals surface area contributed by atoms with E-state index in [4.69, 9.17) is 16.3 Å². The first-order valence-corrected chi connectivity index (χ1v) is 4.66. The van der Waals surface area contributed by atoms with Crippen molar-refractivity contribution in [3.05, 3.63) is 0 Å². The number of carbonyl (C=O) groups excluding carboxylic acids is 2. The number of alkyl halides is 1. The van der Waals surface area contributed by atoms with E-state index in [1.165, 1.54) is 0 Å². The standard InChI is InChI=1S/C8H12ClNO3/c1-2-13-6(11)3-5-4-10-8(12)7(5)9/h5,7H,2-4H2,1H3,(H,10,12)/t5-,7+/m0/s1. The SMILES string of the molecule is CCOC(=O)C[C@H]1CNC(=O)[C@@H]1Cl. The van der Waals surface area contributed by atoms with Crippen LogP contribution in [0.2, 0.25) is 0 Å². The number of amides is 1. The third-order valence-corrected chi connectivity index (χ3v) is 2.49. The van der Waals surface area contributed by atoms with Crippen molar-refractivity contribution in [2.75, 3.05) is 13.2 Å². The molecule has 0 saturated carbocycles. The lowest BCUT2D eigenvalue weighted by molar-refractivity contribution is -0.144. The molecule has 1 fully saturated rings. The second-order valence-corrected chi connectivity index (χ2v) is 3.39. The lowest BCUT2D eigenvalue weighted by Crippen LogP contribution is -2.21. The molecular formula is C8H12ClNO3. The van der Waals surface area contributed by atoms with Crippen molar-refractivity contribution in [1.82, 2.24) is 5.32 Å². The number of carbonyl (C=O) groups is 2. The van der Waals surface area contributed by atoms with Gasteiger partial charge in [0.25, 0.3) is 0 Å². The van der Waals surface area contributed by atoms with Gasteiger partial charge in [-0.2, -0.15) is 0 Å². The van der Waals surface area contributed by atoms with Crippen LogP contribution in [0.4, 0.5) is 0 Å². The number of hydrogen-bond donors (Lipinski definition) is 1. The summed E-state index contributed by atoms with van der Waals surface area (Å²) in [5, 5.41) is 2.00. The van der Waals surface area contributed by atoms with Crippen LogP contribution in [-0.4, -0.2) is 30.4 Å². The van der Waals surface area contributed by atoms with Gasteiger partial charge in [-0.05, 0) is 6.92 Å². The van der Waals surface area contributed by atoms with Gasteiger partial charge in [0.2, 0.25) is 5.91 Å². The second-order valence-electron chi connectivity index (χ2n) is 2.92. The van der Waals surface area contributed by atoms with Gasteiger partial charge in [0.15, 0.2) is 0 Å². The first-order valence-electron chi connectivity index (χ1n) is 4.22. The van der Waals surface area contributed by atoms with Crippen LogP contribution in [0.3, 0.4) is 0 Å². The Balaban J connectivity index is 2.37. The predicted molar refractivity (Wildman–Crippen MR) is 47.4 cm³/mol. The molecule has 1 saturated heterocycles. The zero-order valence-electron chi connectivity index (χ0n) is 7.38. The maximum atomic E-state index is 11.0. The predicted octanol–water partition coefficient (Wildman–Crippen LogP) is 0.293. The van der Waals surface area contributed by atoms with E-state index in [-0.39, 0.29) is 24.2 Å². The number of ether oxygens (including phenoxy) is 1. The molecule has 13 heavy (non-hydrogen) atoms. The fourth-order valence-electron chi connectivity index (χ4n) is 1.26. The fourth-order valence-corrected chi connectivity index (χ4v) is 1.51. The van der Waals surface area contributed by atoms with E-state index in [1.54, 1.807) is 6.92 Å². The molecule has 0 spiro atoms. The Labute approximate surface area is 81.6 Å². The molecule has 0 bridgehead atoms. The third-order valence-electron chi connectivity index (χ3n) is 1.94. The molecule has 1 amide bonds. The van der Waals surface area contributed by atoms with Crippen molar-refractivity contribution < 1.29 is 14.3 Å². The minimum absolute atomic E-state index is 0.131. The lowest BCUT2D eigenvalue weighted by atomic mass is 10.0. The van der Waals surface area contributed by atoms with E-state index < -0.39 is 5.38 Å². The summed E-state index contributed by atoms with van der Waals surface area (Å²) < 4.78 is 4.75. The van der Waals surface area contributed by atoms with Crippen LogP contribution in [-0.2, 0) is 14.3 Å². The first-order chi connectivity index (χ1) is 6.15. The molecule has 1 aliphatic rings. The van der Waals surface area contributed by atoms with Crippen LogP contribution in [0.25, 0.3) is 0 Å². The van der Waals surface area contributed by atoms with E-state index in [0.717, 1.165) is 0 Å². The molecule has 2 atom stereocenters. The highest BCUT2D eigenvalue weighted by Gasteiger charge is 2.34. The molecule has 0 aromatic heterocycles. The van der Waals surface area contributed by atoms with Crippen molar-refractivity contribution in [2.45, 2.75) is 18.7 Å². The van der Waals surface area contributed by atoms with Gasteiger partial charge in [-0.3, -0.25) is 9.59 Å². The molecule has 0 aliphatic carbocycles. The maximum Gasteiger partial charge on any atom is 0.306 e. The van der Waals surface area contributed by atoms with Crippen molar-refractivity contribution in [3.8, 4) is 0 Å². The number of esters is 1. The van der Waals surface area contributed by atoms with Crippen LogP contribution < -0.4 is 5.32 Å². The zero-order valence-corrected chi connectivity index (χ0v) is 8.13. The van der Waals surface area contributed by atoms with Crippen LogP contribution in [0.1, 0.15) is 13.3 Å². The summed E-state index contributed by atoms with van der Waals surface area (Å²) in [7, 11) is 0. The van der Waals surface area contributed by atoms with E-state index >= 15 is 0 Å². The maximum absolute atomic E-state index is 11.0. The van der Waals surface area contributed by atoms with Gasteiger partial charge in [-0.1, -0.05) is 0 Å². The number of rotatable bonds is 3. The number of hydrogen-bond acceptors (Lipinski definition) is 3. The Bertz CT molecular complexity index is 219. The largest absolute Gasteiger partial charge is 0.466 e. The van der Waals surface area contributed by atoms with E-state index in [2.05, 4.69) is 5.32 Å². The van der Waals surface area contributed by atoms with Gasteiger partial charge in [-0.25, -0.2) is 0 Å². The first kappa shape index (κ1) is 10.3. The number of nitrogens with one attached hydrogen (secondary N) is 1.